The van der Waals surface area contributed by atoms with Crippen molar-refractivity contribution in [2.75, 3.05) is 5.73 Å². The lowest BCUT2D eigenvalue weighted by Gasteiger charge is -2.04. The number of nitrogen functional groups attached to an aromatic ring is 1. The van der Waals surface area contributed by atoms with E-state index in [2.05, 4.69) is 44.8 Å². The van der Waals surface area contributed by atoms with Gasteiger partial charge in [0.25, 0.3) is 0 Å². The molecule has 0 fully saturated rings. The maximum Gasteiger partial charge on any atom is 0.239 e. The summed E-state index contributed by atoms with van der Waals surface area (Å²) in [4.78, 5) is 3.89. The molecule has 0 atom stereocenters. The lowest BCUT2D eigenvalue weighted by Crippen LogP contribution is -1.99. The Hall–Kier alpha value is -1.11. The summed E-state index contributed by atoms with van der Waals surface area (Å²) in [5, 5.41) is 4.06. The second kappa shape index (κ2) is 3.56. The number of rotatable bonds is 1. The van der Waals surface area contributed by atoms with Gasteiger partial charge in [0.1, 0.15) is 6.33 Å². The maximum absolute atomic E-state index is 5.46. The fourth-order valence-corrected chi connectivity index (χ4v) is 1.70. The van der Waals surface area contributed by atoms with Crippen molar-refractivity contribution in [2.24, 2.45) is 0 Å². The number of aromatic nitrogens is 3. The van der Waals surface area contributed by atoms with Gasteiger partial charge in [-0.1, -0.05) is 6.07 Å². The van der Waals surface area contributed by atoms with Crippen LogP contribution < -0.4 is 5.73 Å². The number of hydrogen-bond donors (Lipinski definition) is 1. The molecule has 0 radical (unpaired) electrons. The Morgan fingerprint density at radius 2 is 2.21 bits per heavy atom. The minimum Gasteiger partial charge on any atom is -0.366 e. The molecule has 2 aromatic rings. The summed E-state index contributed by atoms with van der Waals surface area (Å²) in [7, 11) is 0. The first-order valence-corrected chi connectivity index (χ1v) is 5.18. The monoisotopic (exact) mass is 300 g/mol. The summed E-state index contributed by atoms with van der Waals surface area (Å²) in [6.45, 7) is 2.03. The molecule has 0 saturated carbocycles. The molecular weight excluding hydrogens is 291 g/mol. The number of halogens is 1. The van der Waals surface area contributed by atoms with Gasteiger partial charge in [-0.05, 0) is 47.2 Å². The normalized spacial score (nSPS) is 10.4. The lowest BCUT2D eigenvalue weighted by molar-refractivity contribution is 0.874. The molecule has 0 aliphatic rings. The summed E-state index contributed by atoms with van der Waals surface area (Å²) in [6, 6.07) is 6.15. The van der Waals surface area contributed by atoms with Gasteiger partial charge in [0.15, 0.2) is 0 Å². The highest BCUT2D eigenvalue weighted by Gasteiger charge is 2.03. The van der Waals surface area contributed by atoms with Crippen molar-refractivity contribution in [1.82, 2.24) is 14.8 Å². The average molecular weight is 300 g/mol. The highest BCUT2D eigenvalue weighted by molar-refractivity contribution is 14.1. The van der Waals surface area contributed by atoms with Gasteiger partial charge in [-0.3, -0.25) is 0 Å². The van der Waals surface area contributed by atoms with Crippen molar-refractivity contribution >= 4 is 28.5 Å². The number of hydrogen-bond acceptors (Lipinski definition) is 3. The molecule has 0 aliphatic carbocycles. The van der Waals surface area contributed by atoms with Crippen LogP contribution in [0.15, 0.2) is 24.5 Å². The predicted octanol–water partition coefficient (Wildman–Crippen LogP) is 1.76. The SMILES string of the molecule is Cc1ccc(I)cc1-n1cnc(N)n1. The molecule has 1 aromatic heterocycles. The van der Waals surface area contributed by atoms with Gasteiger partial charge in [0.2, 0.25) is 5.95 Å². The van der Waals surface area contributed by atoms with Gasteiger partial charge >= 0.3 is 0 Å². The molecule has 0 amide bonds. The summed E-state index contributed by atoms with van der Waals surface area (Å²) in [6.07, 6.45) is 1.62. The molecule has 2 rings (SSSR count). The van der Waals surface area contributed by atoms with E-state index in [4.69, 9.17) is 5.73 Å². The number of nitrogens with two attached hydrogens (primary N) is 1. The van der Waals surface area contributed by atoms with Crippen LogP contribution in [0.25, 0.3) is 5.69 Å². The molecule has 0 saturated heterocycles. The van der Waals surface area contributed by atoms with E-state index in [1.165, 1.54) is 0 Å². The van der Waals surface area contributed by atoms with Gasteiger partial charge in [0, 0.05) is 3.57 Å². The molecule has 5 heteroatoms. The molecule has 0 spiro atoms. The van der Waals surface area contributed by atoms with Crippen molar-refractivity contribution in [3.8, 4) is 5.69 Å². The van der Waals surface area contributed by atoms with Gasteiger partial charge < -0.3 is 5.73 Å². The first-order valence-electron chi connectivity index (χ1n) is 4.10. The molecule has 72 valence electrons. The molecule has 0 bridgehead atoms. The predicted molar refractivity (Wildman–Crippen MR) is 63.2 cm³/mol. The van der Waals surface area contributed by atoms with E-state index in [9.17, 15) is 0 Å². The third-order valence-corrected chi connectivity index (χ3v) is 2.60. The summed E-state index contributed by atoms with van der Waals surface area (Å²) in [5.74, 6) is 0.295. The Balaban J connectivity index is 2.55. The van der Waals surface area contributed by atoms with Crippen molar-refractivity contribution in [3.63, 3.8) is 0 Å². The van der Waals surface area contributed by atoms with Crippen molar-refractivity contribution in [2.45, 2.75) is 6.92 Å². The van der Waals surface area contributed by atoms with Crippen LogP contribution in [0.1, 0.15) is 5.56 Å². The average Bonchev–Trinajstić information content (AvgIpc) is 2.56. The molecule has 14 heavy (non-hydrogen) atoms. The highest BCUT2D eigenvalue weighted by Crippen LogP contribution is 2.16. The molecule has 1 aromatic carbocycles. The minimum absolute atomic E-state index is 0.295. The second-order valence-electron chi connectivity index (χ2n) is 2.98. The fourth-order valence-electron chi connectivity index (χ4n) is 1.22. The molecule has 0 aliphatic heterocycles. The Kier molecular flexibility index (Phi) is 2.40. The maximum atomic E-state index is 5.46. The number of aryl methyl sites for hydroxylation is 1. The van der Waals surface area contributed by atoms with E-state index in [0.29, 0.717) is 5.95 Å². The van der Waals surface area contributed by atoms with E-state index in [1.54, 1.807) is 11.0 Å². The third kappa shape index (κ3) is 1.72. The zero-order chi connectivity index (χ0) is 10.1. The Bertz CT molecular complexity index is 464. The first-order chi connectivity index (χ1) is 6.66. The molecular formula is C9H9IN4. The minimum atomic E-state index is 0.295. The van der Waals surface area contributed by atoms with Gasteiger partial charge in [0.05, 0.1) is 5.69 Å². The van der Waals surface area contributed by atoms with Crippen molar-refractivity contribution < 1.29 is 0 Å². The summed E-state index contributed by atoms with van der Waals surface area (Å²) >= 11 is 2.26. The Morgan fingerprint density at radius 3 is 2.86 bits per heavy atom. The van der Waals surface area contributed by atoms with Gasteiger partial charge in [-0.15, -0.1) is 5.10 Å². The summed E-state index contributed by atoms with van der Waals surface area (Å²) < 4.78 is 2.85. The van der Waals surface area contributed by atoms with Crippen LogP contribution >= 0.6 is 22.6 Å². The number of nitrogens with zero attached hydrogens (tertiary/aromatic N) is 3. The van der Waals surface area contributed by atoms with Crippen LogP contribution in [-0.2, 0) is 0 Å². The Morgan fingerprint density at radius 1 is 1.43 bits per heavy atom. The standard InChI is InChI=1S/C9H9IN4/c1-6-2-3-7(10)4-8(6)14-5-12-9(11)13-14/h2-5H,1H3,(H2,11,13). The van der Waals surface area contributed by atoms with Crippen molar-refractivity contribution in [1.29, 1.82) is 0 Å². The zero-order valence-electron chi connectivity index (χ0n) is 7.61. The molecule has 2 N–H and O–H groups in total. The lowest BCUT2D eigenvalue weighted by atomic mass is 10.2. The van der Waals surface area contributed by atoms with E-state index < -0.39 is 0 Å². The molecule has 4 nitrogen and oxygen atoms in total. The molecule has 1 heterocycles. The largest absolute Gasteiger partial charge is 0.366 e. The summed E-state index contributed by atoms with van der Waals surface area (Å²) in [5.41, 5.74) is 7.62. The van der Waals surface area contributed by atoms with E-state index >= 15 is 0 Å². The topological polar surface area (TPSA) is 56.7 Å². The number of benzene rings is 1. The van der Waals surface area contributed by atoms with E-state index in [0.717, 1.165) is 14.8 Å². The van der Waals surface area contributed by atoms with Crippen LogP contribution in [0.4, 0.5) is 5.95 Å². The highest BCUT2D eigenvalue weighted by atomic mass is 127. The fraction of sp³-hybridized carbons (Fsp3) is 0.111. The Labute approximate surface area is 95.3 Å². The van der Waals surface area contributed by atoms with Gasteiger partial charge in [-0.25, -0.2) is 9.67 Å². The first kappa shape index (κ1) is 9.45. The smallest absolute Gasteiger partial charge is 0.239 e. The molecule has 0 unspecified atom stereocenters. The van der Waals surface area contributed by atoms with Crippen LogP contribution in [0.2, 0.25) is 0 Å². The second-order valence-corrected chi connectivity index (χ2v) is 4.22. The third-order valence-electron chi connectivity index (χ3n) is 1.93. The van der Waals surface area contributed by atoms with Crippen LogP contribution in [0, 0.1) is 10.5 Å². The quantitative estimate of drug-likeness (QED) is 0.817. The number of anilines is 1. The van der Waals surface area contributed by atoms with Crippen LogP contribution in [0.5, 0.6) is 0 Å². The van der Waals surface area contributed by atoms with Gasteiger partial charge in [-0.2, -0.15) is 0 Å². The van der Waals surface area contributed by atoms with E-state index in [1.807, 2.05) is 13.0 Å². The van der Waals surface area contributed by atoms with E-state index in [-0.39, 0.29) is 0 Å². The van der Waals surface area contributed by atoms with Crippen LogP contribution in [0.3, 0.4) is 0 Å². The zero-order valence-corrected chi connectivity index (χ0v) is 9.76. The van der Waals surface area contributed by atoms with Crippen LogP contribution in [-0.4, -0.2) is 14.8 Å². The van der Waals surface area contributed by atoms with Crippen molar-refractivity contribution in [3.05, 3.63) is 33.7 Å².